The Morgan fingerprint density at radius 3 is 2.86 bits per heavy atom. The summed E-state index contributed by atoms with van der Waals surface area (Å²) in [6.45, 7) is 5.52. The van der Waals surface area contributed by atoms with Gasteiger partial charge in [0.25, 0.3) is 0 Å². The van der Waals surface area contributed by atoms with E-state index < -0.39 is 0 Å². The normalized spacial score (nSPS) is 19.3. The van der Waals surface area contributed by atoms with E-state index in [0.29, 0.717) is 5.54 Å². The molecule has 1 aliphatic carbocycles. The number of hydrogen-bond acceptors (Lipinski definition) is 3. The summed E-state index contributed by atoms with van der Waals surface area (Å²) in [6, 6.07) is 0. The SMILES string of the molecule is Cc1ncsc1CCNC1(C)CCC1. The van der Waals surface area contributed by atoms with Gasteiger partial charge in [0.05, 0.1) is 11.2 Å². The van der Waals surface area contributed by atoms with Crippen molar-refractivity contribution in [2.45, 2.75) is 45.1 Å². The first kappa shape index (κ1) is 10.1. The number of aryl methyl sites for hydroxylation is 1. The molecule has 1 aromatic rings. The van der Waals surface area contributed by atoms with Crippen LogP contribution in [0.1, 0.15) is 36.8 Å². The molecule has 2 nitrogen and oxygen atoms in total. The molecule has 0 spiro atoms. The zero-order chi connectivity index (χ0) is 10.0. The van der Waals surface area contributed by atoms with Gasteiger partial charge in [0.15, 0.2) is 0 Å². The number of rotatable bonds is 4. The second kappa shape index (κ2) is 3.99. The molecule has 1 fully saturated rings. The lowest BCUT2D eigenvalue weighted by Gasteiger charge is -2.39. The van der Waals surface area contributed by atoms with E-state index in [0.717, 1.165) is 13.0 Å². The Morgan fingerprint density at radius 1 is 1.57 bits per heavy atom. The number of aromatic nitrogens is 1. The summed E-state index contributed by atoms with van der Waals surface area (Å²) in [5.74, 6) is 0. The summed E-state index contributed by atoms with van der Waals surface area (Å²) < 4.78 is 0. The third kappa shape index (κ3) is 2.15. The predicted molar refractivity (Wildman–Crippen MR) is 60.8 cm³/mol. The van der Waals surface area contributed by atoms with Gasteiger partial charge in [0.2, 0.25) is 0 Å². The first-order chi connectivity index (χ1) is 6.70. The zero-order valence-corrected chi connectivity index (χ0v) is 9.78. The summed E-state index contributed by atoms with van der Waals surface area (Å²) in [7, 11) is 0. The second-order valence-electron chi connectivity index (χ2n) is 4.45. The van der Waals surface area contributed by atoms with Crippen molar-refractivity contribution in [3.8, 4) is 0 Å². The van der Waals surface area contributed by atoms with E-state index >= 15 is 0 Å². The van der Waals surface area contributed by atoms with Crippen molar-refractivity contribution >= 4 is 11.3 Å². The standard InChI is InChI=1S/C11H18N2S/c1-9-10(14-8-12-9)4-7-13-11(2)5-3-6-11/h8,13H,3-7H2,1-2H3. The van der Waals surface area contributed by atoms with Crippen molar-refractivity contribution in [2.75, 3.05) is 6.54 Å². The number of thiazole rings is 1. The maximum Gasteiger partial charge on any atom is 0.0797 e. The highest BCUT2D eigenvalue weighted by atomic mass is 32.1. The van der Waals surface area contributed by atoms with E-state index in [1.807, 2.05) is 5.51 Å². The van der Waals surface area contributed by atoms with Crippen LogP contribution in [0.25, 0.3) is 0 Å². The van der Waals surface area contributed by atoms with Crippen LogP contribution in [-0.2, 0) is 6.42 Å². The Morgan fingerprint density at radius 2 is 2.36 bits per heavy atom. The minimum atomic E-state index is 0.443. The lowest BCUT2D eigenvalue weighted by atomic mass is 9.78. The fourth-order valence-corrected chi connectivity index (χ4v) is 2.71. The van der Waals surface area contributed by atoms with Crippen molar-refractivity contribution in [1.29, 1.82) is 0 Å². The first-order valence-electron chi connectivity index (χ1n) is 5.34. The molecule has 14 heavy (non-hydrogen) atoms. The zero-order valence-electron chi connectivity index (χ0n) is 8.97. The molecule has 1 heterocycles. The predicted octanol–water partition coefficient (Wildman–Crippen LogP) is 2.53. The minimum Gasteiger partial charge on any atom is -0.311 e. The largest absolute Gasteiger partial charge is 0.311 e. The van der Waals surface area contributed by atoms with Gasteiger partial charge in [-0.3, -0.25) is 0 Å². The topological polar surface area (TPSA) is 24.9 Å². The van der Waals surface area contributed by atoms with Gasteiger partial charge >= 0.3 is 0 Å². The maximum absolute atomic E-state index is 4.26. The summed E-state index contributed by atoms with van der Waals surface area (Å²) in [6.07, 6.45) is 5.21. The summed E-state index contributed by atoms with van der Waals surface area (Å²) in [5.41, 5.74) is 3.59. The second-order valence-corrected chi connectivity index (χ2v) is 5.39. The Hall–Kier alpha value is -0.410. The van der Waals surface area contributed by atoms with E-state index in [2.05, 4.69) is 24.1 Å². The van der Waals surface area contributed by atoms with Crippen molar-refractivity contribution in [1.82, 2.24) is 10.3 Å². The molecule has 0 radical (unpaired) electrons. The Balaban J connectivity index is 1.75. The van der Waals surface area contributed by atoms with Gasteiger partial charge in [0.1, 0.15) is 0 Å². The maximum atomic E-state index is 4.26. The van der Waals surface area contributed by atoms with Crippen molar-refractivity contribution in [3.05, 3.63) is 16.1 Å². The van der Waals surface area contributed by atoms with Gasteiger partial charge < -0.3 is 5.32 Å². The van der Waals surface area contributed by atoms with Crippen LogP contribution in [-0.4, -0.2) is 17.1 Å². The highest BCUT2D eigenvalue weighted by Crippen LogP contribution is 2.30. The van der Waals surface area contributed by atoms with Crippen molar-refractivity contribution < 1.29 is 0 Å². The van der Waals surface area contributed by atoms with E-state index in [-0.39, 0.29) is 0 Å². The Bertz CT molecular complexity index is 302. The van der Waals surface area contributed by atoms with Gasteiger partial charge in [-0.2, -0.15) is 0 Å². The molecule has 0 bridgehead atoms. The van der Waals surface area contributed by atoms with Crippen LogP contribution in [0.4, 0.5) is 0 Å². The summed E-state index contributed by atoms with van der Waals surface area (Å²) in [4.78, 5) is 5.69. The van der Waals surface area contributed by atoms with Crippen LogP contribution >= 0.6 is 11.3 Å². The van der Waals surface area contributed by atoms with Crippen molar-refractivity contribution in [2.24, 2.45) is 0 Å². The van der Waals surface area contributed by atoms with E-state index in [1.54, 1.807) is 11.3 Å². The molecule has 1 aromatic heterocycles. The molecule has 0 saturated heterocycles. The molecule has 3 heteroatoms. The number of nitrogens with zero attached hydrogens (tertiary/aromatic N) is 1. The van der Waals surface area contributed by atoms with Crippen LogP contribution in [0, 0.1) is 6.92 Å². The molecule has 0 aliphatic heterocycles. The molecule has 1 aliphatic rings. The van der Waals surface area contributed by atoms with Crippen molar-refractivity contribution in [3.63, 3.8) is 0 Å². The number of nitrogens with one attached hydrogen (secondary N) is 1. The van der Waals surface area contributed by atoms with Crippen LogP contribution in [0.15, 0.2) is 5.51 Å². The lowest BCUT2D eigenvalue weighted by Crippen LogP contribution is -2.48. The summed E-state index contributed by atoms with van der Waals surface area (Å²) >= 11 is 1.77. The van der Waals surface area contributed by atoms with E-state index in [4.69, 9.17) is 0 Å². The molecule has 2 rings (SSSR count). The molecule has 0 unspecified atom stereocenters. The Kier molecular flexibility index (Phi) is 2.88. The van der Waals surface area contributed by atoms with Crippen LogP contribution in [0.3, 0.4) is 0 Å². The Labute approximate surface area is 89.8 Å². The fraction of sp³-hybridized carbons (Fsp3) is 0.727. The molecule has 78 valence electrons. The molecule has 1 saturated carbocycles. The highest BCUT2D eigenvalue weighted by molar-refractivity contribution is 7.09. The average molecular weight is 210 g/mol. The van der Waals surface area contributed by atoms with Gasteiger partial charge in [-0.15, -0.1) is 11.3 Å². The van der Waals surface area contributed by atoms with Crippen LogP contribution in [0.2, 0.25) is 0 Å². The third-order valence-corrected chi connectivity index (χ3v) is 4.20. The van der Waals surface area contributed by atoms with Gasteiger partial charge in [0, 0.05) is 17.0 Å². The molecular weight excluding hydrogens is 192 g/mol. The first-order valence-corrected chi connectivity index (χ1v) is 6.22. The number of hydrogen-bond donors (Lipinski definition) is 1. The molecule has 0 atom stereocenters. The van der Waals surface area contributed by atoms with E-state index in [1.165, 1.54) is 29.8 Å². The average Bonchev–Trinajstić information content (AvgIpc) is 2.49. The highest BCUT2D eigenvalue weighted by Gasteiger charge is 2.30. The molecule has 0 aromatic carbocycles. The van der Waals surface area contributed by atoms with Gasteiger partial charge in [-0.05, 0) is 39.5 Å². The van der Waals surface area contributed by atoms with E-state index in [9.17, 15) is 0 Å². The van der Waals surface area contributed by atoms with Gasteiger partial charge in [-0.25, -0.2) is 4.98 Å². The monoisotopic (exact) mass is 210 g/mol. The molecular formula is C11H18N2S. The molecule has 0 amide bonds. The molecule has 1 N–H and O–H groups in total. The quantitative estimate of drug-likeness (QED) is 0.826. The summed E-state index contributed by atoms with van der Waals surface area (Å²) in [5, 5.41) is 3.64. The lowest BCUT2D eigenvalue weighted by molar-refractivity contribution is 0.210. The fourth-order valence-electron chi connectivity index (χ4n) is 1.93. The smallest absolute Gasteiger partial charge is 0.0797 e. The third-order valence-electron chi connectivity index (χ3n) is 3.21. The van der Waals surface area contributed by atoms with Crippen LogP contribution in [0.5, 0.6) is 0 Å². The van der Waals surface area contributed by atoms with Gasteiger partial charge in [-0.1, -0.05) is 0 Å². The minimum absolute atomic E-state index is 0.443. The van der Waals surface area contributed by atoms with Crippen LogP contribution < -0.4 is 5.32 Å².